The normalized spacial score (nSPS) is 22.6. The minimum absolute atomic E-state index is 0.183. The highest BCUT2D eigenvalue weighted by atomic mass is 16.6. The van der Waals surface area contributed by atoms with Crippen LogP contribution >= 0.6 is 0 Å². The molecule has 0 aromatic heterocycles. The van der Waals surface area contributed by atoms with Gasteiger partial charge in [-0.2, -0.15) is 0 Å². The first kappa shape index (κ1) is 18.8. The Morgan fingerprint density at radius 3 is 2.41 bits per heavy atom. The smallest absolute Gasteiger partial charge is 0.410 e. The monoisotopic (exact) mass is 313 g/mol. The molecule has 1 atom stereocenters. The van der Waals surface area contributed by atoms with Gasteiger partial charge in [-0.15, -0.1) is 0 Å². The van der Waals surface area contributed by atoms with Crippen molar-refractivity contribution in [2.75, 3.05) is 19.7 Å². The molecule has 0 bridgehead atoms. The summed E-state index contributed by atoms with van der Waals surface area (Å²) in [7, 11) is 0. The first-order valence-corrected chi connectivity index (χ1v) is 8.25. The fourth-order valence-electron chi connectivity index (χ4n) is 3.10. The van der Waals surface area contributed by atoms with Crippen molar-refractivity contribution in [3.8, 4) is 0 Å². The van der Waals surface area contributed by atoms with Gasteiger partial charge in [-0.25, -0.2) is 4.79 Å². The summed E-state index contributed by atoms with van der Waals surface area (Å²) in [5.41, 5.74) is -1.13. The first-order valence-electron chi connectivity index (χ1n) is 8.25. The lowest BCUT2D eigenvalue weighted by molar-refractivity contribution is -0.160. The fraction of sp³-hybridized carbons (Fsp3) is 0.882. The van der Waals surface area contributed by atoms with Gasteiger partial charge < -0.3 is 14.4 Å². The summed E-state index contributed by atoms with van der Waals surface area (Å²) in [6, 6.07) is 0. The zero-order valence-corrected chi connectivity index (χ0v) is 14.9. The molecule has 0 aliphatic carbocycles. The second-order valence-electron chi connectivity index (χ2n) is 7.60. The zero-order valence-electron chi connectivity index (χ0n) is 14.9. The molecule has 1 heterocycles. The van der Waals surface area contributed by atoms with Crippen LogP contribution in [0.3, 0.4) is 0 Å². The van der Waals surface area contributed by atoms with Crippen LogP contribution in [0.5, 0.6) is 0 Å². The third-order valence-corrected chi connectivity index (χ3v) is 3.74. The number of piperidine rings is 1. The number of hydrogen-bond acceptors (Lipinski definition) is 4. The summed E-state index contributed by atoms with van der Waals surface area (Å²) < 4.78 is 10.7. The van der Waals surface area contributed by atoms with Gasteiger partial charge in [0.2, 0.25) is 0 Å². The summed E-state index contributed by atoms with van der Waals surface area (Å²) in [6.07, 6.45) is 1.95. The van der Waals surface area contributed by atoms with Gasteiger partial charge in [-0.1, -0.05) is 13.8 Å². The van der Waals surface area contributed by atoms with Gasteiger partial charge >= 0.3 is 12.1 Å². The number of nitrogens with zero attached hydrogens (tertiary/aromatic N) is 1. The highest BCUT2D eigenvalue weighted by molar-refractivity contribution is 5.79. The van der Waals surface area contributed by atoms with Crippen LogP contribution in [0.1, 0.15) is 60.8 Å². The van der Waals surface area contributed by atoms with Crippen molar-refractivity contribution in [1.82, 2.24) is 4.90 Å². The molecule has 5 heteroatoms. The molecule has 1 unspecified atom stereocenters. The highest BCUT2D eigenvalue weighted by Crippen LogP contribution is 2.38. The molecule has 1 amide bonds. The Balaban J connectivity index is 2.90. The maximum Gasteiger partial charge on any atom is 0.410 e. The number of likely N-dealkylation sites (tertiary alicyclic amines) is 1. The number of ether oxygens (including phenoxy) is 2. The van der Waals surface area contributed by atoms with E-state index in [1.807, 2.05) is 27.7 Å². The van der Waals surface area contributed by atoms with Crippen LogP contribution in [-0.2, 0) is 14.3 Å². The molecule has 0 radical (unpaired) electrons. The van der Waals surface area contributed by atoms with Gasteiger partial charge in [0.25, 0.3) is 0 Å². The molecular formula is C17H31NO4. The van der Waals surface area contributed by atoms with Crippen LogP contribution < -0.4 is 0 Å². The molecule has 1 saturated heterocycles. The van der Waals surface area contributed by atoms with E-state index in [9.17, 15) is 9.59 Å². The van der Waals surface area contributed by atoms with E-state index in [-0.39, 0.29) is 12.1 Å². The van der Waals surface area contributed by atoms with Crippen molar-refractivity contribution in [3.05, 3.63) is 0 Å². The Hall–Kier alpha value is -1.26. The van der Waals surface area contributed by atoms with Crippen LogP contribution in [0.4, 0.5) is 4.79 Å². The molecule has 1 fully saturated rings. The van der Waals surface area contributed by atoms with Crippen LogP contribution in [-0.4, -0.2) is 42.3 Å². The average Bonchev–Trinajstić information content (AvgIpc) is 2.36. The number of hydrogen-bond donors (Lipinski definition) is 0. The predicted octanol–water partition coefficient (Wildman–Crippen LogP) is 3.61. The van der Waals surface area contributed by atoms with Crippen molar-refractivity contribution in [2.45, 2.75) is 66.4 Å². The van der Waals surface area contributed by atoms with E-state index in [2.05, 4.69) is 13.8 Å². The van der Waals surface area contributed by atoms with E-state index in [4.69, 9.17) is 9.47 Å². The SMILES string of the molecule is CCOC(=O)C1(CC(C)C)CCCN(C(=O)OC(C)(C)C)C1. The van der Waals surface area contributed by atoms with Crippen molar-refractivity contribution in [3.63, 3.8) is 0 Å². The molecule has 1 aliphatic heterocycles. The quantitative estimate of drug-likeness (QED) is 0.744. The Kier molecular flexibility index (Phi) is 6.27. The molecule has 0 spiro atoms. The van der Waals surface area contributed by atoms with E-state index in [0.717, 1.165) is 19.3 Å². The summed E-state index contributed by atoms with van der Waals surface area (Å²) in [4.78, 5) is 26.5. The number of amides is 1. The molecule has 0 aromatic carbocycles. The summed E-state index contributed by atoms with van der Waals surface area (Å²) in [5.74, 6) is 0.181. The van der Waals surface area contributed by atoms with Gasteiger partial charge in [-0.05, 0) is 52.9 Å². The molecule has 1 aliphatic rings. The standard InChI is InChI=1S/C17H31NO4/c1-7-21-14(19)17(11-13(2)3)9-8-10-18(12-17)15(20)22-16(4,5)6/h13H,7-12H2,1-6H3. The molecule has 0 saturated carbocycles. The topological polar surface area (TPSA) is 55.8 Å². The number of rotatable bonds is 4. The molecule has 22 heavy (non-hydrogen) atoms. The maximum absolute atomic E-state index is 12.5. The zero-order chi connectivity index (χ0) is 17.0. The molecule has 5 nitrogen and oxygen atoms in total. The van der Waals surface area contributed by atoms with Crippen LogP contribution in [0.25, 0.3) is 0 Å². The van der Waals surface area contributed by atoms with E-state index >= 15 is 0 Å². The molecule has 0 N–H and O–H groups in total. The second kappa shape index (κ2) is 7.34. The largest absolute Gasteiger partial charge is 0.466 e. The Bertz CT molecular complexity index is 400. The van der Waals surface area contributed by atoms with Crippen LogP contribution in [0, 0.1) is 11.3 Å². The Labute approximate surface area is 134 Å². The third kappa shape index (κ3) is 5.18. The fourth-order valence-corrected chi connectivity index (χ4v) is 3.10. The minimum Gasteiger partial charge on any atom is -0.466 e. The first-order chi connectivity index (χ1) is 10.1. The van der Waals surface area contributed by atoms with E-state index in [0.29, 0.717) is 25.6 Å². The van der Waals surface area contributed by atoms with Gasteiger partial charge in [0, 0.05) is 13.1 Å². The molecule has 0 aromatic rings. The molecular weight excluding hydrogens is 282 g/mol. The predicted molar refractivity (Wildman–Crippen MR) is 85.6 cm³/mol. The average molecular weight is 313 g/mol. The van der Waals surface area contributed by atoms with Gasteiger partial charge in [-0.3, -0.25) is 4.79 Å². The second-order valence-corrected chi connectivity index (χ2v) is 7.60. The minimum atomic E-state index is -0.598. The number of carbonyl (C=O) groups is 2. The van der Waals surface area contributed by atoms with E-state index in [1.165, 1.54) is 0 Å². The van der Waals surface area contributed by atoms with Gasteiger partial charge in [0.05, 0.1) is 12.0 Å². The molecule has 128 valence electrons. The van der Waals surface area contributed by atoms with Gasteiger partial charge in [0.15, 0.2) is 0 Å². The highest BCUT2D eigenvalue weighted by Gasteiger charge is 2.45. The lowest BCUT2D eigenvalue weighted by Gasteiger charge is -2.42. The Morgan fingerprint density at radius 2 is 1.91 bits per heavy atom. The Morgan fingerprint density at radius 1 is 1.27 bits per heavy atom. The van der Waals surface area contributed by atoms with E-state index in [1.54, 1.807) is 4.90 Å². The number of carbonyl (C=O) groups excluding carboxylic acids is 2. The van der Waals surface area contributed by atoms with E-state index < -0.39 is 11.0 Å². The van der Waals surface area contributed by atoms with Crippen LogP contribution in [0.2, 0.25) is 0 Å². The van der Waals surface area contributed by atoms with Crippen molar-refractivity contribution >= 4 is 12.1 Å². The van der Waals surface area contributed by atoms with Crippen molar-refractivity contribution in [1.29, 1.82) is 0 Å². The van der Waals surface area contributed by atoms with Crippen LogP contribution in [0.15, 0.2) is 0 Å². The summed E-state index contributed by atoms with van der Waals surface area (Å²) in [6.45, 7) is 12.9. The van der Waals surface area contributed by atoms with Crippen molar-refractivity contribution < 1.29 is 19.1 Å². The van der Waals surface area contributed by atoms with Crippen molar-refractivity contribution in [2.24, 2.45) is 11.3 Å². The lowest BCUT2D eigenvalue weighted by atomic mass is 9.74. The third-order valence-electron chi connectivity index (χ3n) is 3.74. The van der Waals surface area contributed by atoms with Gasteiger partial charge in [0.1, 0.15) is 5.60 Å². The maximum atomic E-state index is 12.5. The summed E-state index contributed by atoms with van der Waals surface area (Å²) >= 11 is 0. The lowest BCUT2D eigenvalue weighted by Crippen LogP contribution is -2.52. The number of esters is 1. The molecule has 1 rings (SSSR count). The summed E-state index contributed by atoms with van der Waals surface area (Å²) in [5, 5.41) is 0.